The molecule has 4 rings (SSSR count). The van der Waals surface area contributed by atoms with Crippen molar-refractivity contribution in [1.29, 1.82) is 0 Å². The van der Waals surface area contributed by atoms with Crippen molar-refractivity contribution < 1.29 is 32.2 Å². The maximum atomic E-state index is 13.6. The van der Waals surface area contributed by atoms with Gasteiger partial charge < -0.3 is 20.1 Å². The normalized spacial score (nSPS) is 18.4. The minimum atomic E-state index is -3.95. The van der Waals surface area contributed by atoms with Crippen LogP contribution in [0.3, 0.4) is 0 Å². The number of aliphatic hydroxyl groups excluding tert-OH is 1. The highest BCUT2D eigenvalue weighted by Crippen LogP contribution is 2.31. The predicted molar refractivity (Wildman–Crippen MR) is 146 cm³/mol. The molecule has 0 fully saturated rings. The Balaban J connectivity index is 1.65. The number of carbonyl (C=O) groups excluding carboxylic acids is 2. The van der Waals surface area contributed by atoms with Crippen LogP contribution >= 0.6 is 0 Å². The number of sulfonamides is 1. The van der Waals surface area contributed by atoms with Crippen molar-refractivity contribution in [1.82, 2.24) is 14.2 Å². The van der Waals surface area contributed by atoms with Crippen LogP contribution in [0.5, 0.6) is 5.75 Å². The first-order valence-electron chi connectivity index (χ1n) is 12.7. The van der Waals surface area contributed by atoms with Crippen molar-refractivity contribution in [2.75, 3.05) is 32.1 Å². The van der Waals surface area contributed by atoms with Gasteiger partial charge in [0.15, 0.2) is 0 Å². The van der Waals surface area contributed by atoms with E-state index in [2.05, 4.69) is 10.3 Å². The number of ether oxygens (including phenoxy) is 1. The highest BCUT2D eigenvalue weighted by molar-refractivity contribution is 7.89. The molecule has 1 aliphatic rings. The highest BCUT2D eigenvalue weighted by Gasteiger charge is 2.35. The summed E-state index contributed by atoms with van der Waals surface area (Å²) in [6.45, 7) is 3.39. The minimum Gasteiger partial charge on any atom is -0.488 e. The number of benzene rings is 2. The van der Waals surface area contributed by atoms with Gasteiger partial charge in [0.2, 0.25) is 10.0 Å². The molecule has 0 bridgehead atoms. The number of nitrogens with zero attached hydrogens (tertiary/aromatic N) is 3. The van der Waals surface area contributed by atoms with Crippen LogP contribution in [0.4, 0.5) is 10.1 Å². The topological polar surface area (TPSA) is 129 Å². The standard InChI is InChI=1S/C28H31FN4O6S/c1-18-15-33(19(2)17-34)28(36)24-14-22(31-27(35)20-10-12-30-13-11-20)6-9-25(24)39-26(18)16-32(3)40(37,38)23-7-4-21(29)5-8-23/h4-14,18-19,26,34H,15-17H2,1-3H3,(H,31,35)/t18-,19+,26+/m0/s1. The second-order valence-corrected chi connectivity index (χ2v) is 11.8. The molecule has 1 aliphatic heterocycles. The van der Waals surface area contributed by atoms with E-state index in [1.165, 1.54) is 42.5 Å². The first-order valence-corrected chi connectivity index (χ1v) is 14.1. The van der Waals surface area contributed by atoms with Gasteiger partial charge in [-0.05, 0) is 61.5 Å². The Morgan fingerprint density at radius 2 is 1.88 bits per heavy atom. The number of hydrogen-bond acceptors (Lipinski definition) is 7. The summed E-state index contributed by atoms with van der Waals surface area (Å²) in [5.74, 6) is -1.45. The summed E-state index contributed by atoms with van der Waals surface area (Å²) in [5.41, 5.74) is 0.906. The molecule has 1 aromatic heterocycles. The molecule has 12 heteroatoms. The largest absolute Gasteiger partial charge is 0.488 e. The van der Waals surface area contributed by atoms with E-state index in [0.29, 0.717) is 11.3 Å². The smallest absolute Gasteiger partial charge is 0.258 e. The molecule has 3 atom stereocenters. The Bertz CT molecular complexity index is 1470. The van der Waals surface area contributed by atoms with Gasteiger partial charge in [-0.15, -0.1) is 0 Å². The third-order valence-corrected chi connectivity index (χ3v) is 8.66. The van der Waals surface area contributed by atoms with Crippen molar-refractivity contribution in [3.8, 4) is 5.75 Å². The van der Waals surface area contributed by atoms with Crippen LogP contribution in [0.2, 0.25) is 0 Å². The SMILES string of the molecule is C[C@H](CO)N1C[C@H](C)[C@@H](CN(C)S(=O)(=O)c2ccc(F)cc2)Oc2ccc(NC(=O)c3ccncc3)cc2C1=O. The van der Waals surface area contributed by atoms with Gasteiger partial charge >= 0.3 is 0 Å². The van der Waals surface area contributed by atoms with Crippen LogP contribution in [0.15, 0.2) is 71.9 Å². The fraction of sp³-hybridized carbons (Fsp3) is 0.321. The Hall–Kier alpha value is -3.87. The van der Waals surface area contributed by atoms with E-state index in [0.717, 1.165) is 16.4 Å². The van der Waals surface area contributed by atoms with Crippen LogP contribution in [0.25, 0.3) is 0 Å². The maximum absolute atomic E-state index is 13.6. The van der Waals surface area contributed by atoms with Gasteiger partial charge in [-0.2, -0.15) is 4.31 Å². The van der Waals surface area contributed by atoms with E-state index in [1.54, 1.807) is 31.2 Å². The second-order valence-electron chi connectivity index (χ2n) is 9.76. The van der Waals surface area contributed by atoms with Crippen molar-refractivity contribution in [3.05, 3.63) is 83.9 Å². The third-order valence-electron chi connectivity index (χ3n) is 6.82. The Kier molecular flexibility index (Phi) is 8.82. The number of aromatic nitrogens is 1. The van der Waals surface area contributed by atoms with E-state index >= 15 is 0 Å². The summed E-state index contributed by atoms with van der Waals surface area (Å²) in [7, 11) is -2.55. The molecule has 2 aromatic carbocycles. The van der Waals surface area contributed by atoms with Gasteiger partial charge in [-0.1, -0.05) is 6.92 Å². The molecular weight excluding hydrogens is 539 g/mol. The van der Waals surface area contributed by atoms with E-state index < -0.39 is 33.9 Å². The molecule has 2 N–H and O–H groups in total. The second kappa shape index (κ2) is 12.1. The summed E-state index contributed by atoms with van der Waals surface area (Å²) in [6.07, 6.45) is 2.31. The number of carbonyl (C=O) groups is 2. The van der Waals surface area contributed by atoms with Gasteiger partial charge in [-0.25, -0.2) is 12.8 Å². The van der Waals surface area contributed by atoms with E-state index in [4.69, 9.17) is 4.74 Å². The van der Waals surface area contributed by atoms with Crippen LogP contribution in [-0.2, 0) is 10.0 Å². The lowest BCUT2D eigenvalue weighted by Crippen LogP contribution is -2.50. The molecule has 0 aliphatic carbocycles. The van der Waals surface area contributed by atoms with Crippen molar-refractivity contribution in [3.63, 3.8) is 0 Å². The molecule has 0 spiro atoms. The van der Waals surface area contributed by atoms with Crippen LogP contribution in [0.1, 0.15) is 34.6 Å². The molecule has 0 radical (unpaired) electrons. The average Bonchev–Trinajstić information content (AvgIpc) is 2.95. The zero-order valence-corrected chi connectivity index (χ0v) is 23.1. The summed E-state index contributed by atoms with van der Waals surface area (Å²) in [5, 5.41) is 12.6. The lowest BCUT2D eigenvalue weighted by molar-refractivity contribution is 0.0387. The van der Waals surface area contributed by atoms with Crippen LogP contribution < -0.4 is 10.1 Å². The molecular formula is C28H31FN4O6S. The molecule has 10 nitrogen and oxygen atoms in total. The van der Waals surface area contributed by atoms with Crippen molar-refractivity contribution in [2.24, 2.45) is 5.92 Å². The zero-order valence-electron chi connectivity index (χ0n) is 22.3. The maximum Gasteiger partial charge on any atom is 0.258 e. The number of anilines is 1. The Labute approximate surface area is 232 Å². The number of pyridine rings is 1. The molecule has 40 heavy (non-hydrogen) atoms. The first kappa shape index (κ1) is 29.1. The molecule has 2 amide bonds. The number of halogens is 1. The van der Waals surface area contributed by atoms with Gasteiger partial charge in [0.1, 0.15) is 17.7 Å². The molecule has 0 saturated carbocycles. The summed E-state index contributed by atoms with van der Waals surface area (Å²) in [4.78, 5) is 31.6. The van der Waals surface area contributed by atoms with E-state index in [1.807, 2.05) is 6.92 Å². The quantitative estimate of drug-likeness (QED) is 0.426. The fourth-order valence-electron chi connectivity index (χ4n) is 4.36. The number of likely N-dealkylation sites (N-methyl/N-ethyl adjacent to an activating group) is 1. The van der Waals surface area contributed by atoms with E-state index in [-0.39, 0.29) is 47.7 Å². The lowest BCUT2D eigenvalue weighted by Gasteiger charge is -2.38. The molecule has 212 valence electrons. The summed E-state index contributed by atoms with van der Waals surface area (Å²) >= 11 is 0. The molecule has 0 saturated heterocycles. The van der Waals surface area contributed by atoms with Crippen molar-refractivity contribution >= 4 is 27.5 Å². The Morgan fingerprint density at radius 1 is 1.20 bits per heavy atom. The zero-order chi connectivity index (χ0) is 29.0. The van der Waals surface area contributed by atoms with E-state index in [9.17, 15) is 27.5 Å². The summed E-state index contributed by atoms with van der Waals surface area (Å²) < 4.78 is 47.1. The van der Waals surface area contributed by atoms with Crippen LogP contribution in [-0.4, -0.2) is 78.4 Å². The van der Waals surface area contributed by atoms with Gasteiger partial charge in [0, 0.05) is 43.2 Å². The highest BCUT2D eigenvalue weighted by atomic mass is 32.2. The minimum absolute atomic E-state index is 0.0591. The fourth-order valence-corrected chi connectivity index (χ4v) is 5.55. The molecule has 0 unspecified atom stereocenters. The number of aliphatic hydroxyl groups is 1. The van der Waals surface area contributed by atoms with Gasteiger partial charge in [0.25, 0.3) is 11.8 Å². The predicted octanol–water partition coefficient (Wildman–Crippen LogP) is 3.01. The molecule has 2 heterocycles. The third kappa shape index (κ3) is 6.30. The monoisotopic (exact) mass is 570 g/mol. The average molecular weight is 571 g/mol. The number of fused-ring (bicyclic) bond motifs is 1. The number of amides is 2. The number of rotatable bonds is 8. The Morgan fingerprint density at radius 3 is 2.52 bits per heavy atom. The molecule has 3 aromatic rings. The number of hydrogen-bond donors (Lipinski definition) is 2. The summed E-state index contributed by atoms with van der Waals surface area (Å²) in [6, 6.07) is 11.8. The lowest BCUT2D eigenvalue weighted by atomic mass is 9.99. The van der Waals surface area contributed by atoms with Crippen LogP contribution in [0, 0.1) is 11.7 Å². The van der Waals surface area contributed by atoms with Gasteiger partial charge in [-0.3, -0.25) is 14.6 Å². The van der Waals surface area contributed by atoms with Gasteiger partial charge in [0.05, 0.1) is 29.7 Å². The first-order chi connectivity index (χ1) is 19.0. The van der Waals surface area contributed by atoms with Crippen molar-refractivity contribution in [2.45, 2.75) is 30.9 Å². The number of nitrogens with one attached hydrogen (secondary N) is 1.